The molecule has 0 aromatic heterocycles. The highest BCUT2D eigenvalue weighted by atomic mass is 32.1. The Labute approximate surface area is 219 Å². The fourth-order valence-corrected chi connectivity index (χ4v) is 5.28. The van der Waals surface area contributed by atoms with E-state index < -0.39 is 21.9 Å². The molecule has 0 bridgehead atoms. The Bertz CT molecular complexity index is 1070. The zero-order valence-corrected chi connectivity index (χ0v) is 22.1. The van der Waals surface area contributed by atoms with Gasteiger partial charge >= 0.3 is 5.97 Å². The molecule has 3 aromatic carbocycles. The quantitative estimate of drug-likeness (QED) is 0.249. The van der Waals surface area contributed by atoms with Crippen molar-refractivity contribution in [1.82, 2.24) is 5.32 Å². The SMILES string of the molecule is CC(C)(C)OC(=S)N[C@](Cc1ccccc1)(C(=O)O)C(S)(Cc1ccccc1)Cc1ccccc1. The zero-order valence-electron chi connectivity index (χ0n) is 20.4. The highest BCUT2D eigenvalue weighted by Gasteiger charge is 2.56. The first-order valence-electron chi connectivity index (χ1n) is 11.6. The minimum Gasteiger partial charge on any atom is -0.479 e. The third-order valence-corrected chi connectivity index (χ3v) is 6.75. The van der Waals surface area contributed by atoms with Gasteiger partial charge in [-0.3, -0.25) is 0 Å². The van der Waals surface area contributed by atoms with Crippen LogP contribution in [0.3, 0.4) is 0 Å². The molecule has 0 aliphatic heterocycles. The second-order valence-electron chi connectivity index (χ2n) is 9.86. The Balaban J connectivity index is 2.17. The summed E-state index contributed by atoms with van der Waals surface area (Å²) >= 11 is 10.8. The molecule has 0 aliphatic rings. The molecule has 0 saturated carbocycles. The van der Waals surface area contributed by atoms with E-state index >= 15 is 0 Å². The molecule has 3 aromatic rings. The van der Waals surface area contributed by atoms with Crippen LogP contribution in [0.25, 0.3) is 0 Å². The Morgan fingerprint density at radius 2 is 1.17 bits per heavy atom. The fraction of sp³-hybridized carbons (Fsp3) is 0.310. The number of ether oxygens (including phenoxy) is 1. The predicted octanol–water partition coefficient (Wildman–Crippen LogP) is 5.90. The second-order valence-corrected chi connectivity index (χ2v) is 11.1. The molecule has 0 aliphatic carbocycles. The van der Waals surface area contributed by atoms with Crippen LogP contribution in [-0.2, 0) is 28.8 Å². The van der Waals surface area contributed by atoms with E-state index in [2.05, 4.69) is 5.32 Å². The largest absolute Gasteiger partial charge is 0.479 e. The Morgan fingerprint density at radius 1 is 0.800 bits per heavy atom. The number of nitrogens with one attached hydrogen (secondary N) is 1. The van der Waals surface area contributed by atoms with Gasteiger partial charge in [0.2, 0.25) is 0 Å². The summed E-state index contributed by atoms with van der Waals surface area (Å²) in [7, 11) is 0. The van der Waals surface area contributed by atoms with E-state index in [1.54, 1.807) is 0 Å². The summed E-state index contributed by atoms with van der Waals surface area (Å²) in [6, 6.07) is 29.2. The number of carboxylic acid groups (broad SMARTS) is 1. The van der Waals surface area contributed by atoms with Gasteiger partial charge in [-0.2, -0.15) is 12.6 Å². The lowest BCUT2D eigenvalue weighted by Crippen LogP contribution is -2.69. The highest BCUT2D eigenvalue weighted by Crippen LogP contribution is 2.39. The van der Waals surface area contributed by atoms with Gasteiger partial charge in [0.25, 0.3) is 5.17 Å². The van der Waals surface area contributed by atoms with Crippen LogP contribution in [0.15, 0.2) is 91.0 Å². The summed E-state index contributed by atoms with van der Waals surface area (Å²) in [5.41, 5.74) is 0.675. The fourth-order valence-electron chi connectivity index (χ4n) is 4.26. The highest BCUT2D eigenvalue weighted by molar-refractivity contribution is 7.82. The maximum atomic E-state index is 13.3. The third-order valence-electron chi connectivity index (χ3n) is 5.86. The Kier molecular flexibility index (Phi) is 8.62. The lowest BCUT2D eigenvalue weighted by molar-refractivity contribution is -0.146. The van der Waals surface area contributed by atoms with Gasteiger partial charge in [0.15, 0.2) is 5.54 Å². The molecule has 1 atom stereocenters. The van der Waals surface area contributed by atoms with E-state index in [0.717, 1.165) is 16.7 Å². The van der Waals surface area contributed by atoms with Gasteiger partial charge in [-0.15, -0.1) is 0 Å². The van der Waals surface area contributed by atoms with Crippen molar-refractivity contribution in [3.8, 4) is 0 Å². The first-order valence-corrected chi connectivity index (χ1v) is 12.5. The molecule has 0 unspecified atom stereocenters. The van der Waals surface area contributed by atoms with Crippen molar-refractivity contribution < 1.29 is 14.6 Å². The summed E-state index contributed by atoms with van der Waals surface area (Å²) in [5, 5.41) is 14.1. The molecule has 0 radical (unpaired) electrons. The number of carboxylic acids is 1. The summed E-state index contributed by atoms with van der Waals surface area (Å²) in [6.07, 6.45) is 0.964. The molecule has 3 rings (SSSR count). The first kappa shape index (κ1) is 26.8. The van der Waals surface area contributed by atoms with E-state index in [1.165, 1.54) is 0 Å². The number of hydrogen-bond donors (Lipinski definition) is 3. The van der Waals surface area contributed by atoms with E-state index in [1.807, 2.05) is 112 Å². The number of aliphatic carboxylic acids is 1. The van der Waals surface area contributed by atoms with Gasteiger partial charge in [0.1, 0.15) is 5.60 Å². The molecule has 0 heterocycles. The minimum atomic E-state index is -1.58. The minimum absolute atomic E-state index is 0.0374. The van der Waals surface area contributed by atoms with Crippen LogP contribution in [0, 0.1) is 0 Å². The van der Waals surface area contributed by atoms with E-state index in [4.69, 9.17) is 29.6 Å². The Morgan fingerprint density at radius 3 is 1.51 bits per heavy atom. The van der Waals surface area contributed by atoms with Crippen molar-refractivity contribution in [2.75, 3.05) is 0 Å². The van der Waals surface area contributed by atoms with Gasteiger partial charge < -0.3 is 15.2 Å². The standard InChI is InChI=1S/C29H33NO3S2/c1-27(2,3)33-26(34)30-29(25(31)32,21-24-17-11-6-12-18-24)28(35,19-22-13-7-4-8-14-22)20-23-15-9-5-10-16-23/h4-18,35H,19-21H2,1-3H3,(H,30,34)(H,31,32)/t29-/m1/s1. The van der Waals surface area contributed by atoms with Crippen molar-refractivity contribution >= 4 is 36.0 Å². The van der Waals surface area contributed by atoms with Crippen LogP contribution in [-0.4, -0.2) is 32.1 Å². The molecule has 2 N–H and O–H groups in total. The number of rotatable bonds is 9. The molecule has 4 nitrogen and oxygen atoms in total. The predicted molar refractivity (Wildman–Crippen MR) is 149 cm³/mol. The van der Waals surface area contributed by atoms with Crippen LogP contribution in [0.2, 0.25) is 0 Å². The summed E-state index contributed by atoms with van der Waals surface area (Å²) < 4.78 is 4.82. The van der Waals surface area contributed by atoms with Crippen molar-refractivity contribution in [3.05, 3.63) is 108 Å². The van der Waals surface area contributed by atoms with E-state index in [0.29, 0.717) is 12.8 Å². The number of thiocarbonyl (C=S) groups is 1. The number of benzene rings is 3. The molecule has 0 amide bonds. The van der Waals surface area contributed by atoms with Crippen LogP contribution in [0.4, 0.5) is 0 Å². The van der Waals surface area contributed by atoms with Crippen molar-refractivity contribution in [1.29, 1.82) is 0 Å². The lowest BCUT2D eigenvalue weighted by Gasteiger charge is -2.46. The van der Waals surface area contributed by atoms with Gasteiger partial charge in [0, 0.05) is 6.42 Å². The second kappa shape index (κ2) is 11.3. The number of thiol groups is 1. The number of hydrogen-bond acceptors (Lipinski definition) is 4. The summed E-state index contributed by atoms with van der Waals surface area (Å²) in [6.45, 7) is 5.63. The van der Waals surface area contributed by atoms with Crippen LogP contribution >= 0.6 is 24.8 Å². The maximum Gasteiger partial charge on any atom is 0.331 e. The molecular weight excluding hydrogens is 474 g/mol. The number of carbonyl (C=O) groups is 1. The maximum absolute atomic E-state index is 13.3. The zero-order chi connectivity index (χ0) is 25.5. The molecule has 0 saturated heterocycles. The third kappa shape index (κ3) is 7.09. The van der Waals surface area contributed by atoms with Crippen molar-refractivity contribution in [2.24, 2.45) is 0 Å². The van der Waals surface area contributed by atoms with Gasteiger partial charge in [-0.05, 0) is 62.5 Å². The van der Waals surface area contributed by atoms with Crippen molar-refractivity contribution in [2.45, 2.75) is 55.9 Å². The molecular formula is C29H33NO3S2. The average Bonchev–Trinajstić information content (AvgIpc) is 2.79. The monoisotopic (exact) mass is 507 g/mol. The normalized spacial score (nSPS) is 13.5. The molecule has 35 heavy (non-hydrogen) atoms. The Hall–Kier alpha value is -2.83. The topological polar surface area (TPSA) is 58.6 Å². The van der Waals surface area contributed by atoms with E-state index in [-0.39, 0.29) is 11.6 Å². The lowest BCUT2D eigenvalue weighted by atomic mass is 9.72. The van der Waals surface area contributed by atoms with Gasteiger partial charge in [-0.1, -0.05) is 91.0 Å². The smallest absolute Gasteiger partial charge is 0.331 e. The van der Waals surface area contributed by atoms with Crippen LogP contribution in [0.5, 0.6) is 0 Å². The summed E-state index contributed by atoms with van der Waals surface area (Å²) in [4.78, 5) is 13.3. The first-order chi connectivity index (χ1) is 16.5. The van der Waals surface area contributed by atoms with Crippen LogP contribution < -0.4 is 5.32 Å². The van der Waals surface area contributed by atoms with E-state index in [9.17, 15) is 9.90 Å². The van der Waals surface area contributed by atoms with Crippen LogP contribution in [0.1, 0.15) is 37.5 Å². The molecule has 6 heteroatoms. The molecule has 0 fully saturated rings. The summed E-state index contributed by atoms with van der Waals surface area (Å²) in [5.74, 6) is -1.04. The molecule has 0 spiro atoms. The van der Waals surface area contributed by atoms with Crippen molar-refractivity contribution in [3.63, 3.8) is 0 Å². The average molecular weight is 508 g/mol. The molecule has 184 valence electrons. The van der Waals surface area contributed by atoms with Gasteiger partial charge in [-0.25, -0.2) is 4.79 Å². The van der Waals surface area contributed by atoms with Gasteiger partial charge in [0.05, 0.1) is 4.75 Å².